The molecule has 2 heterocycles. The van der Waals surface area contributed by atoms with Gasteiger partial charge in [0.05, 0.1) is 14.2 Å². The molecule has 4 rings (SSSR count). The number of unbranched alkanes of at least 4 members (excludes halogenated alkanes) is 1. The molecular weight excluding hydrogens is 454 g/mol. The predicted octanol–water partition coefficient (Wildman–Crippen LogP) is 4.64. The van der Waals surface area contributed by atoms with E-state index in [0.29, 0.717) is 47.1 Å². The molecule has 2 aromatic carbocycles. The van der Waals surface area contributed by atoms with Crippen LogP contribution in [0.3, 0.4) is 0 Å². The highest BCUT2D eigenvalue weighted by molar-refractivity contribution is 5.58. The zero-order chi connectivity index (χ0) is 25.7. The van der Waals surface area contributed by atoms with Crippen molar-refractivity contribution in [1.82, 2.24) is 14.1 Å². The standard InChI is InChI=1S/C29H31N3O4/c1-5-6-12-26-30-20(2)23(29(34)32(26)28-24(35-3)10-9-11-25(28)36-4)19-21-14-16-22(17-15-21)31-18-8-7-13-27(31)33/h7-11,13-18H,5-6,12,19H2,1-4H3. The number of rotatable bonds is 9. The van der Waals surface area contributed by atoms with Crippen molar-refractivity contribution in [2.24, 2.45) is 0 Å². The number of methoxy groups -OCH3 is 2. The lowest BCUT2D eigenvalue weighted by Gasteiger charge is -2.20. The van der Waals surface area contributed by atoms with Crippen molar-refractivity contribution in [2.75, 3.05) is 14.2 Å². The largest absolute Gasteiger partial charge is 0.494 e. The fourth-order valence-corrected chi connectivity index (χ4v) is 4.33. The molecule has 0 unspecified atom stereocenters. The Labute approximate surface area is 210 Å². The van der Waals surface area contributed by atoms with Crippen molar-refractivity contribution in [3.8, 4) is 22.9 Å². The van der Waals surface area contributed by atoms with Gasteiger partial charge < -0.3 is 9.47 Å². The molecule has 4 aromatic rings. The van der Waals surface area contributed by atoms with Gasteiger partial charge in [0, 0.05) is 42.0 Å². The summed E-state index contributed by atoms with van der Waals surface area (Å²) in [5.74, 6) is 1.77. The average molecular weight is 486 g/mol. The van der Waals surface area contributed by atoms with Crippen LogP contribution in [0.5, 0.6) is 11.5 Å². The lowest BCUT2D eigenvalue weighted by Crippen LogP contribution is -2.29. The third-order valence-corrected chi connectivity index (χ3v) is 6.25. The summed E-state index contributed by atoms with van der Waals surface area (Å²) in [5.41, 5.74) is 3.36. The normalized spacial score (nSPS) is 10.9. The fourth-order valence-electron chi connectivity index (χ4n) is 4.33. The van der Waals surface area contributed by atoms with Crippen LogP contribution in [0.25, 0.3) is 11.4 Å². The van der Waals surface area contributed by atoms with Gasteiger partial charge in [-0.15, -0.1) is 0 Å². The summed E-state index contributed by atoms with van der Waals surface area (Å²) in [6, 6.07) is 18.2. The van der Waals surface area contributed by atoms with Crippen LogP contribution in [0.2, 0.25) is 0 Å². The molecule has 0 amide bonds. The Morgan fingerprint density at radius 3 is 2.19 bits per heavy atom. The highest BCUT2D eigenvalue weighted by atomic mass is 16.5. The summed E-state index contributed by atoms with van der Waals surface area (Å²) >= 11 is 0. The number of nitrogens with zero attached hydrogens (tertiary/aromatic N) is 3. The Morgan fingerprint density at radius 2 is 1.58 bits per heavy atom. The van der Waals surface area contributed by atoms with Crippen molar-refractivity contribution < 1.29 is 9.47 Å². The van der Waals surface area contributed by atoms with Gasteiger partial charge in [0.1, 0.15) is 23.0 Å². The Bertz CT molecular complexity index is 1450. The van der Waals surface area contributed by atoms with Gasteiger partial charge in [0.25, 0.3) is 11.1 Å². The smallest absolute Gasteiger partial charge is 0.262 e. The van der Waals surface area contributed by atoms with E-state index in [4.69, 9.17) is 14.5 Å². The Hall–Kier alpha value is -4.13. The first kappa shape index (κ1) is 25.0. The molecular formula is C29H31N3O4. The predicted molar refractivity (Wildman–Crippen MR) is 141 cm³/mol. The number of para-hydroxylation sites is 1. The lowest BCUT2D eigenvalue weighted by atomic mass is 10.0. The molecule has 0 saturated heterocycles. The number of hydrogen-bond acceptors (Lipinski definition) is 5. The first-order valence-electron chi connectivity index (χ1n) is 12.1. The molecule has 7 heteroatoms. The quantitative estimate of drug-likeness (QED) is 0.345. The van der Waals surface area contributed by atoms with Crippen LogP contribution in [0, 0.1) is 6.92 Å². The summed E-state index contributed by atoms with van der Waals surface area (Å²) in [6.07, 6.45) is 4.70. The Morgan fingerprint density at radius 1 is 0.889 bits per heavy atom. The van der Waals surface area contributed by atoms with Crippen LogP contribution in [0.4, 0.5) is 0 Å². The van der Waals surface area contributed by atoms with Crippen LogP contribution in [0.15, 0.2) is 76.4 Å². The maximum Gasteiger partial charge on any atom is 0.262 e. The first-order chi connectivity index (χ1) is 17.5. The zero-order valence-corrected chi connectivity index (χ0v) is 21.2. The molecule has 2 aromatic heterocycles. The first-order valence-corrected chi connectivity index (χ1v) is 12.1. The molecule has 0 N–H and O–H groups in total. The third kappa shape index (κ3) is 4.96. The molecule has 186 valence electrons. The van der Waals surface area contributed by atoms with Gasteiger partial charge in [-0.3, -0.25) is 18.7 Å². The average Bonchev–Trinajstić information content (AvgIpc) is 2.90. The highest BCUT2D eigenvalue weighted by Gasteiger charge is 2.21. The molecule has 0 atom stereocenters. The summed E-state index contributed by atoms with van der Waals surface area (Å²) < 4.78 is 14.5. The molecule has 36 heavy (non-hydrogen) atoms. The van der Waals surface area contributed by atoms with E-state index in [-0.39, 0.29) is 11.1 Å². The van der Waals surface area contributed by atoms with Gasteiger partial charge in [0.2, 0.25) is 0 Å². The Balaban J connectivity index is 1.81. The Kier molecular flexibility index (Phi) is 7.68. The molecule has 0 saturated carbocycles. The summed E-state index contributed by atoms with van der Waals surface area (Å²) in [7, 11) is 3.16. The number of benzene rings is 2. The van der Waals surface area contributed by atoms with Gasteiger partial charge in [-0.25, -0.2) is 4.98 Å². The summed E-state index contributed by atoms with van der Waals surface area (Å²) in [5, 5.41) is 0. The number of aryl methyl sites for hydroxylation is 2. The fraction of sp³-hybridized carbons (Fsp3) is 0.276. The highest BCUT2D eigenvalue weighted by Crippen LogP contribution is 2.32. The zero-order valence-electron chi connectivity index (χ0n) is 21.2. The molecule has 0 aliphatic rings. The van der Waals surface area contributed by atoms with Gasteiger partial charge in [-0.05, 0) is 49.2 Å². The van der Waals surface area contributed by atoms with E-state index in [1.54, 1.807) is 35.6 Å². The second kappa shape index (κ2) is 11.1. The van der Waals surface area contributed by atoms with Crippen molar-refractivity contribution in [3.05, 3.63) is 110 Å². The minimum atomic E-state index is -0.139. The topological polar surface area (TPSA) is 75.4 Å². The lowest BCUT2D eigenvalue weighted by molar-refractivity contribution is 0.389. The van der Waals surface area contributed by atoms with Gasteiger partial charge in [-0.1, -0.05) is 37.6 Å². The number of hydrogen-bond donors (Lipinski definition) is 0. The van der Waals surface area contributed by atoms with Crippen molar-refractivity contribution in [1.29, 1.82) is 0 Å². The third-order valence-electron chi connectivity index (χ3n) is 6.25. The molecule has 0 radical (unpaired) electrons. The molecule has 0 aliphatic carbocycles. The van der Waals surface area contributed by atoms with E-state index in [2.05, 4.69) is 6.92 Å². The van der Waals surface area contributed by atoms with Gasteiger partial charge in [-0.2, -0.15) is 0 Å². The van der Waals surface area contributed by atoms with Crippen LogP contribution >= 0.6 is 0 Å². The minimum absolute atomic E-state index is 0.0957. The van der Waals surface area contributed by atoms with Crippen LogP contribution in [-0.4, -0.2) is 28.3 Å². The molecule has 7 nitrogen and oxygen atoms in total. The maximum absolute atomic E-state index is 14.0. The van der Waals surface area contributed by atoms with Crippen molar-refractivity contribution in [2.45, 2.75) is 39.5 Å². The second-order valence-electron chi connectivity index (χ2n) is 8.60. The van der Waals surface area contributed by atoms with E-state index in [1.807, 2.05) is 55.5 Å². The van der Waals surface area contributed by atoms with Gasteiger partial charge in [0.15, 0.2) is 0 Å². The molecule has 0 spiro atoms. The summed E-state index contributed by atoms with van der Waals surface area (Å²) in [6.45, 7) is 3.99. The van der Waals surface area contributed by atoms with E-state index >= 15 is 0 Å². The summed E-state index contributed by atoms with van der Waals surface area (Å²) in [4.78, 5) is 31.1. The number of pyridine rings is 1. The van der Waals surface area contributed by atoms with Crippen LogP contribution in [0.1, 0.15) is 42.4 Å². The van der Waals surface area contributed by atoms with E-state index in [9.17, 15) is 9.59 Å². The monoisotopic (exact) mass is 485 g/mol. The molecule has 0 bridgehead atoms. The minimum Gasteiger partial charge on any atom is -0.494 e. The molecule has 0 fully saturated rings. The van der Waals surface area contributed by atoms with Crippen molar-refractivity contribution in [3.63, 3.8) is 0 Å². The SMILES string of the molecule is CCCCc1nc(C)c(Cc2ccc(-n3ccccc3=O)cc2)c(=O)n1-c1c(OC)cccc1OC. The van der Waals surface area contributed by atoms with Gasteiger partial charge >= 0.3 is 0 Å². The van der Waals surface area contributed by atoms with E-state index < -0.39 is 0 Å². The number of aromatic nitrogens is 3. The van der Waals surface area contributed by atoms with Crippen LogP contribution < -0.4 is 20.6 Å². The van der Waals surface area contributed by atoms with Crippen LogP contribution in [-0.2, 0) is 12.8 Å². The molecule has 0 aliphatic heterocycles. The second-order valence-corrected chi connectivity index (χ2v) is 8.60. The maximum atomic E-state index is 14.0. The van der Waals surface area contributed by atoms with Crippen molar-refractivity contribution >= 4 is 0 Å². The van der Waals surface area contributed by atoms with E-state index in [1.165, 1.54) is 6.07 Å². The number of ether oxygens (including phenoxy) is 2. The van der Waals surface area contributed by atoms with E-state index in [0.717, 1.165) is 24.1 Å².